The van der Waals surface area contributed by atoms with Crippen LogP contribution in [0.3, 0.4) is 0 Å². The summed E-state index contributed by atoms with van der Waals surface area (Å²) in [7, 11) is 0. The van der Waals surface area contributed by atoms with E-state index in [4.69, 9.17) is 28.2 Å². The van der Waals surface area contributed by atoms with E-state index < -0.39 is 0 Å². The highest BCUT2D eigenvalue weighted by Crippen LogP contribution is 2.30. The maximum absolute atomic E-state index is 13.1. The Bertz CT molecular complexity index is 1360. The first kappa shape index (κ1) is 22.0. The molecule has 0 aliphatic carbocycles. The second kappa shape index (κ2) is 9.10. The van der Waals surface area contributed by atoms with Crippen LogP contribution in [0.4, 0.5) is 0 Å². The Balaban J connectivity index is 1.69. The van der Waals surface area contributed by atoms with E-state index in [1.807, 2.05) is 55.8 Å². The summed E-state index contributed by atoms with van der Waals surface area (Å²) in [6, 6.07) is 14.5. The van der Waals surface area contributed by atoms with Gasteiger partial charge in [0.1, 0.15) is 0 Å². The molecule has 0 spiro atoms. The van der Waals surface area contributed by atoms with Gasteiger partial charge >= 0.3 is 0 Å². The number of aromatic nitrogens is 3. The summed E-state index contributed by atoms with van der Waals surface area (Å²) in [5.41, 5.74) is 7.93. The van der Waals surface area contributed by atoms with Crippen LogP contribution < -0.4 is 5.43 Å². The van der Waals surface area contributed by atoms with Gasteiger partial charge in [0.15, 0.2) is 0 Å². The zero-order valence-electron chi connectivity index (χ0n) is 17.9. The molecule has 32 heavy (non-hydrogen) atoms. The lowest BCUT2D eigenvalue weighted by Crippen LogP contribution is -2.18. The minimum atomic E-state index is -0.334. The van der Waals surface area contributed by atoms with E-state index in [0.29, 0.717) is 26.8 Å². The quantitative estimate of drug-likeness (QED) is 0.298. The summed E-state index contributed by atoms with van der Waals surface area (Å²) >= 11 is 12.2. The van der Waals surface area contributed by atoms with Crippen molar-refractivity contribution in [1.82, 2.24) is 20.2 Å². The Kier molecular flexibility index (Phi) is 6.26. The van der Waals surface area contributed by atoms with Gasteiger partial charge in [0.05, 0.1) is 38.7 Å². The number of benzene rings is 2. The summed E-state index contributed by atoms with van der Waals surface area (Å²) in [6.07, 6.45) is 1.63. The van der Waals surface area contributed by atoms with E-state index in [1.165, 1.54) is 0 Å². The molecular weight excluding hydrogens is 445 g/mol. The molecule has 0 aliphatic rings. The fourth-order valence-corrected chi connectivity index (χ4v) is 3.89. The molecule has 0 radical (unpaired) electrons. The van der Waals surface area contributed by atoms with Crippen LogP contribution in [0.25, 0.3) is 22.2 Å². The highest BCUT2D eigenvalue weighted by Gasteiger charge is 2.15. The number of hydrazone groups is 1. The van der Waals surface area contributed by atoms with Crippen molar-refractivity contribution in [3.8, 4) is 11.3 Å². The molecule has 8 heteroatoms. The maximum atomic E-state index is 13.1. The van der Waals surface area contributed by atoms with Gasteiger partial charge in [-0.25, -0.2) is 10.4 Å². The monoisotopic (exact) mass is 465 g/mol. The Hall–Kier alpha value is -3.22. The minimum absolute atomic E-state index is 0.334. The Labute approximate surface area is 195 Å². The van der Waals surface area contributed by atoms with Crippen molar-refractivity contribution in [3.05, 3.63) is 81.1 Å². The fraction of sp³-hybridized carbons (Fsp3) is 0.167. The number of nitrogens with one attached hydrogen (secondary N) is 1. The molecule has 2 aromatic heterocycles. The van der Waals surface area contributed by atoms with Crippen LogP contribution in [0.1, 0.15) is 34.2 Å². The average molecular weight is 466 g/mol. The van der Waals surface area contributed by atoms with Crippen molar-refractivity contribution < 1.29 is 4.79 Å². The lowest BCUT2D eigenvalue weighted by Gasteiger charge is -2.09. The lowest BCUT2D eigenvalue weighted by atomic mass is 10.0. The summed E-state index contributed by atoms with van der Waals surface area (Å²) in [5, 5.41) is 10.3. The molecule has 0 bridgehead atoms. The highest BCUT2D eigenvalue weighted by molar-refractivity contribution is 6.42. The van der Waals surface area contributed by atoms with E-state index in [9.17, 15) is 4.79 Å². The molecule has 0 atom stereocenters. The van der Waals surface area contributed by atoms with Gasteiger partial charge < -0.3 is 0 Å². The van der Waals surface area contributed by atoms with Gasteiger partial charge in [-0.2, -0.15) is 10.2 Å². The van der Waals surface area contributed by atoms with E-state index >= 15 is 0 Å². The minimum Gasteiger partial charge on any atom is -0.269 e. The normalized spacial score (nSPS) is 11.4. The van der Waals surface area contributed by atoms with Gasteiger partial charge in [-0.05, 0) is 45.0 Å². The van der Waals surface area contributed by atoms with Crippen LogP contribution in [-0.2, 0) is 6.54 Å². The number of aryl methyl sites for hydroxylation is 2. The molecule has 0 saturated heterocycles. The molecule has 2 heterocycles. The van der Waals surface area contributed by atoms with Crippen molar-refractivity contribution in [1.29, 1.82) is 0 Å². The molecule has 6 nitrogen and oxygen atoms in total. The van der Waals surface area contributed by atoms with Gasteiger partial charge in [0, 0.05) is 28.8 Å². The summed E-state index contributed by atoms with van der Waals surface area (Å²) in [6.45, 7) is 6.70. The molecule has 0 unspecified atom stereocenters. The number of pyridine rings is 1. The Morgan fingerprint density at radius 1 is 1.12 bits per heavy atom. The number of carbonyl (C=O) groups excluding carboxylic acids is 1. The zero-order valence-corrected chi connectivity index (χ0v) is 19.4. The molecule has 0 aliphatic heterocycles. The summed E-state index contributed by atoms with van der Waals surface area (Å²) in [5.74, 6) is -0.334. The van der Waals surface area contributed by atoms with E-state index in [1.54, 1.807) is 24.4 Å². The SMILES string of the molecule is CCn1nc(C)c(C=NNC(=O)c2cc(-c3ccc(Cl)c(Cl)c3)nc3ccccc23)c1C. The first-order chi connectivity index (χ1) is 15.4. The number of nitrogens with zero attached hydrogens (tertiary/aromatic N) is 4. The molecule has 4 aromatic rings. The van der Waals surface area contributed by atoms with Crippen molar-refractivity contribution in [2.24, 2.45) is 5.10 Å². The van der Waals surface area contributed by atoms with Gasteiger partial charge in [0.2, 0.25) is 0 Å². The Morgan fingerprint density at radius 2 is 1.91 bits per heavy atom. The van der Waals surface area contributed by atoms with Gasteiger partial charge in [-0.15, -0.1) is 0 Å². The Morgan fingerprint density at radius 3 is 2.62 bits per heavy atom. The van der Waals surface area contributed by atoms with Crippen LogP contribution in [0.5, 0.6) is 0 Å². The zero-order chi connectivity index (χ0) is 22.8. The third-order valence-electron chi connectivity index (χ3n) is 5.27. The lowest BCUT2D eigenvalue weighted by molar-refractivity contribution is 0.0956. The first-order valence-electron chi connectivity index (χ1n) is 10.1. The number of hydrogen-bond acceptors (Lipinski definition) is 4. The number of carbonyl (C=O) groups is 1. The third-order valence-corrected chi connectivity index (χ3v) is 6.01. The number of hydrogen-bond donors (Lipinski definition) is 1. The number of halogens is 2. The van der Waals surface area contributed by atoms with Gasteiger partial charge in [0.25, 0.3) is 5.91 Å². The molecule has 0 fully saturated rings. The van der Waals surface area contributed by atoms with Crippen molar-refractivity contribution >= 4 is 46.2 Å². The smallest absolute Gasteiger partial charge is 0.269 e. The van der Waals surface area contributed by atoms with Crippen molar-refractivity contribution in [2.45, 2.75) is 27.3 Å². The number of rotatable bonds is 5. The number of para-hydroxylation sites is 1. The van der Waals surface area contributed by atoms with Crippen LogP contribution in [-0.4, -0.2) is 26.9 Å². The molecule has 1 amide bonds. The molecule has 162 valence electrons. The topological polar surface area (TPSA) is 72.2 Å². The molecule has 2 aromatic carbocycles. The van der Waals surface area contributed by atoms with Crippen molar-refractivity contribution in [2.75, 3.05) is 0 Å². The third kappa shape index (κ3) is 4.24. The van der Waals surface area contributed by atoms with Crippen molar-refractivity contribution in [3.63, 3.8) is 0 Å². The van der Waals surface area contributed by atoms with Crippen LogP contribution in [0.15, 0.2) is 53.6 Å². The van der Waals surface area contributed by atoms with E-state index in [2.05, 4.69) is 15.6 Å². The highest BCUT2D eigenvalue weighted by atomic mass is 35.5. The largest absolute Gasteiger partial charge is 0.272 e. The first-order valence-corrected chi connectivity index (χ1v) is 10.9. The summed E-state index contributed by atoms with van der Waals surface area (Å²) < 4.78 is 1.90. The number of fused-ring (bicyclic) bond motifs is 1. The van der Waals surface area contributed by atoms with Gasteiger partial charge in [-0.3, -0.25) is 9.48 Å². The number of amides is 1. The second-order valence-corrected chi connectivity index (χ2v) is 8.11. The van der Waals surface area contributed by atoms with Crippen LogP contribution >= 0.6 is 23.2 Å². The average Bonchev–Trinajstić information content (AvgIpc) is 3.07. The fourth-order valence-electron chi connectivity index (χ4n) is 3.59. The van der Waals surface area contributed by atoms with E-state index in [-0.39, 0.29) is 5.91 Å². The van der Waals surface area contributed by atoms with Crippen LogP contribution in [0, 0.1) is 13.8 Å². The second-order valence-electron chi connectivity index (χ2n) is 7.30. The standard InChI is InChI=1S/C24H21Cl2N5O/c1-4-31-15(3)19(14(2)30-31)13-27-29-24(32)18-12-23(16-9-10-20(25)21(26)11-16)28-22-8-6-5-7-17(18)22/h5-13H,4H2,1-3H3,(H,29,32). The maximum Gasteiger partial charge on any atom is 0.272 e. The van der Waals surface area contributed by atoms with Gasteiger partial charge in [-0.1, -0.05) is 47.5 Å². The van der Waals surface area contributed by atoms with E-state index in [0.717, 1.165) is 34.4 Å². The molecular formula is C24H21Cl2N5O. The predicted octanol–water partition coefficient (Wildman–Crippen LogP) is 5.81. The molecule has 0 saturated carbocycles. The molecule has 1 N–H and O–H groups in total. The molecule has 4 rings (SSSR count). The summed E-state index contributed by atoms with van der Waals surface area (Å²) in [4.78, 5) is 17.8. The predicted molar refractivity (Wildman–Crippen MR) is 130 cm³/mol. The van der Waals surface area contributed by atoms with Crippen LogP contribution in [0.2, 0.25) is 10.0 Å².